The van der Waals surface area contributed by atoms with E-state index in [-0.39, 0.29) is 0 Å². The number of anilines is 1. The Morgan fingerprint density at radius 1 is 1.56 bits per heavy atom. The fraction of sp³-hybridized carbons (Fsp3) is 0.462. The van der Waals surface area contributed by atoms with Crippen LogP contribution in [0.2, 0.25) is 0 Å². The van der Waals surface area contributed by atoms with E-state index >= 15 is 0 Å². The van der Waals surface area contributed by atoms with Crippen LogP contribution in [-0.4, -0.2) is 18.8 Å². The third kappa shape index (κ3) is 1.90. The van der Waals surface area contributed by atoms with E-state index in [9.17, 15) is 0 Å². The van der Waals surface area contributed by atoms with E-state index in [0.717, 1.165) is 12.2 Å². The summed E-state index contributed by atoms with van der Waals surface area (Å²) in [4.78, 5) is 3.64. The van der Waals surface area contributed by atoms with E-state index < -0.39 is 0 Å². The molecule has 0 fully saturated rings. The molecule has 1 aliphatic heterocycles. The molecule has 1 heterocycles. The molecule has 3 heteroatoms. The summed E-state index contributed by atoms with van der Waals surface area (Å²) in [7, 11) is 2.11. The minimum atomic E-state index is 0.357. The highest BCUT2D eigenvalue weighted by Gasteiger charge is 2.25. The number of nitriles is 1. The molecule has 0 amide bonds. The van der Waals surface area contributed by atoms with Gasteiger partial charge in [-0.05, 0) is 18.1 Å². The lowest BCUT2D eigenvalue weighted by Gasteiger charge is -2.35. The van der Waals surface area contributed by atoms with Gasteiger partial charge in [-0.2, -0.15) is 5.26 Å². The van der Waals surface area contributed by atoms with Crippen LogP contribution in [0.4, 0.5) is 5.69 Å². The van der Waals surface area contributed by atoms with Crippen molar-refractivity contribution in [2.75, 3.05) is 17.7 Å². The summed E-state index contributed by atoms with van der Waals surface area (Å²) in [5.41, 5.74) is 2.72. The van der Waals surface area contributed by atoms with Gasteiger partial charge in [0.2, 0.25) is 0 Å². The highest BCUT2D eigenvalue weighted by Crippen LogP contribution is 2.39. The van der Waals surface area contributed by atoms with Crippen LogP contribution in [0.15, 0.2) is 23.1 Å². The van der Waals surface area contributed by atoms with Gasteiger partial charge in [0, 0.05) is 17.7 Å². The largest absolute Gasteiger partial charge is 0.369 e. The van der Waals surface area contributed by atoms with Gasteiger partial charge < -0.3 is 4.90 Å². The third-order valence-corrected chi connectivity index (χ3v) is 4.31. The molecule has 0 saturated carbocycles. The zero-order chi connectivity index (χ0) is 11.5. The summed E-state index contributed by atoms with van der Waals surface area (Å²) in [6.07, 6.45) is 1.66. The number of para-hydroxylation sites is 1. The van der Waals surface area contributed by atoms with Crippen molar-refractivity contribution < 1.29 is 0 Å². The van der Waals surface area contributed by atoms with Gasteiger partial charge in [-0.25, -0.2) is 0 Å². The molecule has 0 radical (unpaired) electrons. The lowest BCUT2D eigenvalue weighted by Crippen LogP contribution is -2.37. The lowest BCUT2D eigenvalue weighted by molar-refractivity contribution is 0.694. The van der Waals surface area contributed by atoms with Gasteiger partial charge in [-0.15, -0.1) is 11.8 Å². The first kappa shape index (κ1) is 11.3. The Morgan fingerprint density at radius 3 is 3.06 bits per heavy atom. The van der Waals surface area contributed by atoms with Crippen molar-refractivity contribution in [1.29, 1.82) is 5.26 Å². The predicted octanol–water partition coefficient (Wildman–Crippen LogP) is 3.07. The molecule has 0 N–H and O–H groups in total. The summed E-state index contributed by atoms with van der Waals surface area (Å²) in [5, 5.41) is 8.82. The molecule has 1 aromatic rings. The molecule has 1 unspecified atom stereocenters. The minimum Gasteiger partial charge on any atom is -0.369 e. The van der Waals surface area contributed by atoms with Crippen LogP contribution in [-0.2, 0) is 6.42 Å². The summed E-state index contributed by atoms with van der Waals surface area (Å²) >= 11 is 1.88. The number of thioether (sulfide) groups is 1. The Bertz CT molecular complexity index is 408. The second-order valence-electron chi connectivity index (χ2n) is 4.06. The van der Waals surface area contributed by atoms with Crippen LogP contribution in [0, 0.1) is 11.3 Å². The van der Waals surface area contributed by atoms with Gasteiger partial charge >= 0.3 is 0 Å². The molecule has 1 aromatic carbocycles. The summed E-state index contributed by atoms with van der Waals surface area (Å²) in [6.45, 7) is 2.18. The maximum absolute atomic E-state index is 8.82. The maximum atomic E-state index is 8.82. The quantitative estimate of drug-likeness (QED) is 0.784. The van der Waals surface area contributed by atoms with Crippen molar-refractivity contribution in [3.63, 3.8) is 0 Å². The van der Waals surface area contributed by atoms with Gasteiger partial charge in [0.05, 0.1) is 24.2 Å². The second-order valence-corrected chi connectivity index (χ2v) is 5.12. The first-order valence-electron chi connectivity index (χ1n) is 5.62. The van der Waals surface area contributed by atoms with Gasteiger partial charge in [-0.3, -0.25) is 0 Å². The number of benzene rings is 1. The highest BCUT2D eigenvalue weighted by atomic mass is 32.2. The zero-order valence-electron chi connectivity index (χ0n) is 9.73. The monoisotopic (exact) mass is 232 g/mol. The Hall–Kier alpha value is -1.14. The van der Waals surface area contributed by atoms with E-state index in [2.05, 4.69) is 43.1 Å². The molecule has 2 rings (SSSR count). The fourth-order valence-electron chi connectivity index (χ4n) is 2.15. The standard InChI is InChI=1S/C13H16N2S/c1-3-10-5-4-6-12-13(10)15(2)11(7-8-14)9-16-12/h4-6,11H,3,7,9H2,1-2H3. The van der Waals surface area contributed by atoms with E-state index in [1.54, 1.807) is 0 Å². The van der Waals surface area contributed by atoms with Gasteiger partial charge in [-0.1, -0.05) is 19.1 Å². The number of fused-ring (bicyclic) bond motifs is 1. The number of nitrogens with zero attached hydrogens (tertiary/aromatic N) is 2. The van der Waals surface area contributed by atoms with Crippen LogP contribution in [0.1, 0.15) is 18.9 Å². The summed E-state index contributed by atoms with van der Waals surface area (Å²) < 4.78 is 0. The number of rotatable bonds is 2. The minimum absolute atomic E-state index is 0.357. The van der Waals surface area contributed by atoms with Crippen molar-refractivity contribution in [3.05, 3.63) is 23.8 Å². The Morgan fingerprint density at radius 2 is 2.38 bits per heavy atom. The average molecular weight is 232 g/mol. The first-order chi connectivity index (χ1) is 7.77. The molecular formula is C13H16N2S. The Kier molecular flexibility index (Phi) is 3.40. The molecule has 0 bridgehead atoms. The molecule has 16 heavy (non-hydrogen) atoms. The van der Waals surface area contributed by atoms with Crippen molar-refractivity contribution in [2.24, 2.45) is 0 Å². The fourth-order valence-corrected chi connectivity index (χ4v) is 3.45. The molecular weight excluding hydrogens is 216 g/mol. The van der Waals surface area contributed by atoms with Crippen molar-refractivity contribution in [3.8, 4) is 6.07 Å². The van der Waals surface area contributed by atoms with Crippen LogP contribution in [0.25, 0.3) is 0 Å². The van der Waals surface area contributed by atoms with Crippen LogP contribution in [0.5, 0.6) is 0 Å². The van der Waals surface area contributed by atoms with Crippen molar-refractivity contribution in [1.82, 2.24) is 0 Å². The lowest BCUT2D eigenvalue weighted by atomic mass is 10.1. The molecule has 84 valence electrons. The highest BCUT2D eigenvalue weighted by molar-refractivity contribution is 7.99. The zero-order valence-corrected chi connectivity index (χ0v) is 10.5. The van der Waals surface area contributed by atoms with Crippen LogP contribution >= 0.6 is 11.8 Å². The number of aryl methyl sites for hydroxylation is 1. The molecule has 0 spiro atoms. The topological polar surface area (TPSA) is 27.0 Å². The molecule has 0 saturated heterocycles. The Labute approximate surface area is 101 Å². The third-order valence-electron chi connectivity index (χ3n) is 3.12. The van der Waals surface area contributed by atoms with Crippen molar-refractivity contribution in [2.45, 2.75) is 30.7 Å². The SMILES string of the molecule is CCc1cccc2c1N(C)C(CC#N)CS2. The summed E-state index contributed by atoms with van der Waals surface area (Å²) in [5.74, 6) is 1.02. The van der Waals surface area contributed by atoms with E-state index in [1.165, 1.54) is 16.1 Å². The molecule has 1 atom stereocenters. The van der Waals surface area contributed by atoms with Gasteiger partial charge in [0.1, 0.15) is 0 Å². The first-order valence-corrected chi connectivity index (χ1v) is 6.61. The van der Waals surface area contributed by atoms with Crippen LogP contribution < -0.4 is 4.90 Å². The predicted molar refractivity (Wildman–Crippen MR) is 69.0 cm³/mol. The molecule has 0 aromatic heterocycles. The number of hydrogen-bond acceptors (Lipinski definition) is 3. The van der Waals surface area contributed by atoms with E-state index in [0.29, 0.717) is 12.5 Å². The average Bonchev–Trinajstić information content (AvgIpc) is 2.32. The van der Waals surface area contributed by atoms with Crippen molar-refractivity contribution >= 4 is 17.4 Å². The van der Waals surface area contributed by atoms with E-state index in [4.69, 9.17) is 5.26 Å². The normalized spacial score (nSPS) is 19.1. The Balaban J connectivity index is 2.38. The molecule has 0 aliphatic carbocycles. The smallest absolute Gasteiger partial charge is 0.0643 e. The molecule has 1 aliphatic rings. The second kappa shape index (κ2) is 4.80. The summed E-state index contributed by atoms with van der Waals surface area (Å²) in [6, 6.07) is 9.13. The van der Waals surface area contributed by atoms with E-state index in [1.807, 2.05) is 11.8 Å². The number of hydrogen-bond donors (Lipinski definition) is 0. The van der Waals surface area contributed by atoms with Crippen LogP contribution in [0.3, 0.4) is 0 Å². The van der Waals surface area contributed by atoms with Gasteiger partial charge in [0.25, 0.3) is 0 Å². The molecule has 2 nitrogen and oxygen atoms in total. The maximum Gasteiger partial charge on any atom is 0.0643 e. The van der Waals surface area contributed by atoms with Gasteiger partial charge in [0.15, 0.2) is 0 Å².